The molecule has 0 N–H and O–H groups in total. The molecule has 0 radical (unpaired) electrons. The Kier molecular flexibility index (Phi) is 4.60. The lowest BCUT2D eigenvalue weighted by Crippen LogP contribution is -1.89. The zero-order chi connectivity index (χ0) is 9.68. The summed E-state index contributed by atoms with van der Waals surface area (Å²) < 4.78 is 12.8. The van der Waals surface area contributed by atoms with Crippen LogP contribution in [-0.2, 0) is 5.75 Å². The molecule has 0 atom stereocenters. The molecule has 0 aliphatic rings. The molecule has 0 fully saturated rings. The van der Waals surface area contributed by atoms with Crippen molar-refractivity contribution >= 4 is 23.4 Å². The normalized spacial score (nSPS) is 10.4. The van der Waals surface area contributed by atoms with E-state index < -0.39 is 0 Å². The molecule has 1 aromatic carbocycles. The molecule has 0 aliphatic heterocycles. The van der Waals surface area contributed by atoms with E-state index in [1.807, 2.05) is 13.0 Å². The van der Waals surface area contributed by atoms with Crippen LogP contribution in [-0.4, -0.2) is 11.6 Å². The SMILES string of the molecule is Cc1ccc(F)cc1CSCCCl. The largest absolute Gasteiger partial charge is 0.207 e. The zero-order valence-electron chi connectivity index (χ0n) is 7.52. The lowest BCUT2D eigenvalue weighted by Gasteiger charge is -2.04. The Hall–Kier alpha value is -0.210. The van der Waals surface area contributed by atoms with Gasteiger partial charge in [-0.25, -0.2) is 4.39 Å². The highest BCUT2D eigenvalue weighted by Gasteiger charge is 1.99. The molecule has 0 unspecified atom stereocenters. The number of hydrogen-bond donors (Lipinski definition) is 0. The maximum absolute atomic E-state index is 12.8. The molecular formula is C10H12ClFS. The van der Waals surface area contributed by atoms with E-state index in [1.54, 1.807) is 17.8 Å². The second kappa shape index (κ2) is 5.51. The molecule has 1 rings (SSSR count). The molecule has 3 heteroatoms. The maximum atomic E-state index is 12.8. The van der Waals surface area contributed by atoms with E-state index in [9.17, 15) is 4.39 Å². The summed E-state index contributed by atoms with van der Waals surface area (Å²) in [4.78, 5) is 0. The Morgan fingerprint density at radius 1 is 1.46 bits per heavy atom. The first kappa shape index (κ1) is 10.9. The van der Waals surface area contributed by atoms with Gasteiger partial charge in [-0.05, 0) is 30.2 Å². The Morgan fingerprint density at radius 3 is 2.92 bits per heavy atom. The van der Waals surface area contributed by atoms with Gasteiger partial charge in [0, 0.05) is 17.4 Å². The van der Waals surface area contributed by atoms with Gasteiger partial charge in [0.2, 0.25) is 0 Å². The van der Waals surface area contributed by atoms with E-state index >= 15 is 0 Å². The minimum atomic E-state index is -0.160. The highest BCUT2D eigenvalue weighted by Crippen LogP contribution is 2.17. The first-order chi connectivity index (χ1) is 6.24. The van der Waals surface area contributed by atoms with Crippen molar-refractivity contribution in [2.75, 3.05) is 11.6 Å². The second-order valence-corrected chi connectivity index (χ2v) is 4.30. The summed E-state index contributed by atoms with van der Waals surface area (Å²) in [5.74, 6) is 2.25. The Labute approximate surface area is 87.5 Å². The average Bonchev–Trinajstić information content (AvgIpc) is 2.11. The molecule has 0 bridgehead atoms. The first-order valence-corrected chi connectivity index (χ1v) is 5.81. The van der Waals surface area contributed by atoms with E-state index in [0.717, 1.165) is 22.6 Å². The molecule has 0 saturated heterocycles. The number of benzene rings is 1. The molecule has 0 aromatic heterocycles. The van der Waals surface area contributed by atoms with E-state index in [4.69, 9.17) is 11.6 Å². The van der Waals surface area contributed by atoms with Crippen LogP contribution in [0.25, 0.3) is 0 Å². The van der Waals surface area contributed by atoms with Crippen LogP contribution >= 0.6 is 23.4 Å². The summed E-state index contributed by atoms with van der Waals surface area (Å²) in [7, 11) is 0. The van der Waals surface area contributed by atoms with E-state index in [2.05, 4.69) is 0 Å². The molecule has 0 aliphatic carbocycles. The van der Waals surface area contributed by atoms with Crippen LogP contribution in [0.5, 0.6) is 0 Å². The van der Waals surface area contributed by atoms with Gasteiger partial charge in [-0.2, -0.15) is 11.8 Å². The summed E-state index contributed by atoms with van der Waals surface area (Å²) in [6.45, 7) is 2.00. The fraction of sp³-hybridized carbons (Fsp3) is 0.400. The van der Waals surface area contributed by atoms with Gasteiger partial charge in [-0.1, -0.05) is 6.07 Å². The van der Waals surface area contributed by atoms with Crippen molar-refractivity contribution in [3.63, 3.8) is 0 Å². The molecule has 13 heavy (non-hydrogen) atoms. The first-order valence-electron chi connectivity index (χ1n) is 4.13. The number of thioether (sulfide) groups is 1. The highest BCUT2D eigenvalue weighted by atomic mass is 35.5. The number of hydrogen-bond acceptors (Lipinski definition) is 1. The topological polar surface area (TPSA) is 0 Å². The van der Waals surface area contributed by atoms with Crippen LogP contribution in [0.3, 0.4) is 0 Å². The summed E-state index contributed by atoms with van der Waals surface area (Å²) in [5.41, 5.74) is 2.21. The molecular weight excluding hydrogens is 207 g/mol. The van der Waals surface area contributed by atoms with Gasteiger partial charge in [0.25, 0.3) is 0 Å². The Bertz CT molecular complexity index is 276. The van der Waals surface area contributed by atoms with Crippen molar-refractivity contribution in [2.45, 2.75) is 12.7 Å². The summed E-state index contributed by atoms with van der Waals surface area (Å²) >= 11 is 7.27. The third kappa shape index (κ3) is 3.57. The van der Waals surface area contributed by atoms with Crippen LogP contribution in [0.2, 0.25) is 0 Å². The summed E-state index contributed by atoms with van der Waals surface area (Å²) in [6.07, 6.45) is 0. The van der Waals surface area contributed by atoms with E-state index in [1.165, 1.54) is 6.07 Å². The van der Waals surface area contributed by atoms with Gasteiger partial charge in [0.05, 0.1) is 0 Å². The van der Waals surface area contributed by atoms with Crippen molar-refractivity contribution in [1.29, 1.82) is 0 Å². The van der Waals surface area contributed by atoms with Crippen molar-refractivity contribution in [1.82, 2.24) is 0 Å². The van der Waals surface area contributed by atoms with Crippen LogP contribution in [0.15, 0.2) is 18.2 Å². The highest BCUT2D eigenvalue weighted by molar-refractivity contribution is 7.98. The Morgan fingerprint density at radius 2 is 2.23 bits per heavy atom. The van der Waals surface area contributed by atoms with Crippen molar-refractivity contribution in [2.24, 2.45) is 0 Å². The van der Waals surface area contributed by atoms with Crippen molar-refractivity contribution < 1.29 is 4.39 Å². The number of aryl methyl sites for hydroxylation is 1. The van der Waals surface area contributed by atoms with Gasteiger partial charge in [-0.15, -0.1) is 11.6 Å². The predicted octanol–water partition coefficient (Wildman–Crippen LogP) is 3.61. The van der Waals surface area contributed by atoms with E-state index in [-0.39, 0.29) is 5.82 Å². The summed E-state index contributed by atoms with van der Waals surface area (Å²) in [6, 6.07) is 4.90. The van der Waals surface area contributed by atoms with Gasteiger partial charge in [0.15, 0.2) is 0 Å². The minimum absolute atomic E-state index is 0.160. The Balaban J connectivity index is 2.59. The molecule has 0 spiro atoms. The minimum Gasteiger partial charge on any atom is -0.207 e. The monoisotopic (exact) mass is 218 g/mol. The molecule has 0 nitrogen and oxygen atoms in total. The summed E-state index contributed by atoms with van der Waals surface area (Å²) in [5, 5.41) is 0. The van der Waals surface area contributed by atoms with Crippen LogP contribution in [0, 0.1) is 12.7 Å². The van der Waals surface area contributed by atoms with Gasteiger partial charge >= 0.3 is 0 Å². The second-order valence-electron chi connectivity index (χ2n) is 2.81. The molecule has 1 aromatic rings. The van der Waals surface area contributed by atoms with Gasteiger partial charge in [-0.3, -0.25) is 0 Å². The predicted molar refractivity (Wildman–Crippen MR) is 58.0 cm³/mol. The maximum Gasteiger partial charge on any atom is 0.123 e. The molecule has 0 amide bonds. The number of halogens is 2. The smallest absolute Gasteiger partial charge is 0.123 e. The number of alkyl halides is 1. The molecule has 72 valence electrons. The quantitative estimate of drug-likeness (QED) is 0.550. The van der Waals surface area contributed by atoms with Crippen LogP contribution in [0.4, 0.5) is 4.39 Å². The standard InChI is InChI=1S/C10H12ClFS/c1-8-2-3-10(12)6-9(8)7-13-5-4-11/h2-3,6H,4-5,7H2,1H3. The lowest BCUT2D eigenvalue weighted by molar-refractivity contribution is 0.626. The van der Waals surface area contributed by atoms with Gasteiger partial charge < -0.3 is 0 Å². The van der Waals surface area contributed by atoms with Crippen molar-refractivity contribution in [3.05, 3.63) is 35.1 Å². The molecule has 0 saturated carbocycles. The zero-order valence-corrected chi connectivity index (χ0v) is 9.09. The third-order valence-electron chi connectivity index (χ3n) is 1.79. The lowest BCUT2D eigenvalue weighted by atomic mass is 10.1. The fourth-order valence-corrected chi connectivity index (χ4v) is 2.14. The third-order valence-corrected chi connectivity index (χ3v) is 3.21. The molecule has 0 heterocycles. The van der Waals surface area contributed by atoms with E-state index in [0.29, 0.717) is 5.88 Å². The number of rotatable bonds is 4. The average molecular weight is 219 g/mol. The fourth-order valence-electron chi connectivity index (χ4n) is 1.03. The van der Waals surface area contributed by atoms with Crippen molar-refractivity contribution in [3.8, 4) is 0 Å². The van der Waals surface area contributed by atoms with Gasteiger partial charge in [0.1, 0.15) is 5.82 Å². The van der Waals surface area contributed by atoms with Crippen LogP contribution in [0.1, 0.15) is 11.1 Å². The van der Waals surface area contributed by atoms with Crippen LogP contribution < -0.4 is 0 Å².